The van der Waals surface area contributed by atoms with E-state index < -0.39 is 0 Å². The molecular formula is C14H18N4O2. The van der Waals surface area contributed by atoms with E-state index in [1.807, 2.05) is 24.6 Å². The Balaban J connectivity index is 2.28. The molecule has 0 radical (unpaired) electrons. The molecule has 1 aromatic heterocycles. The van der Waals surface area contributed by atoms with Crippen molar-refractivity contribution in [3.63, 3.8) is 0 Å². The van der Waals surface area contributed by atoms with Crippen LogP contribution in [0.1, 0.15) is 22.5 Å². The summed E-state index contributed by atoms with van der Waals surface area (Å²) < 4.78 is 1.87. The fourth-order valence-electron chi connectivity index (χ4n) is 2.34. The van der Waals surface area contributed by atoms with Gasteiger partial charge < -0.3 is 5.73 Å². The van der Waals surface area contributed by atoms with Crippen LogP contribution in [0.3, 0.4) is 0 Å². The van der Waals surface area contributed by atoms with Gasteiger partial charge in [0.25, 0.3) is 5.69 Å². The van der Waals surface area contributed by atoms with Gasteiger partial charge in [-0.3, -0.25) is 14.8 Å². The average molecular weight is 274 g/mol. The van der Waals surface area contributed by atoms with Gasteiger partial charge in [0, 0.05) is 17.8 Å². The minimum Gasteiger partial charge on any atom is -0.330 e. The number of hydrogen-bond donors (Lipinski definition) is 1. The number of nitrogens with two attached hydrogens (primary N) is 1. The van der Waals surface area contributed by atoms with Gasteiger partial charge in [-0.2, -0.15) is 5.10 Å². The van der Waals surface area contributed by atoms with E-state index in [1.165, 1.54) is 6.07 Å². The Morgan fingerprint density at radius 2 is 2.15 bits per heavy atom. The summed E-state index contributed by atoms with van der Waals surface area (Å²) in [6.45, 7) is 5.08. The largest absolute Gasteiger partial charge is 0.330 e. The Hall–Kier alpha value is -2.21. The van der Waals surface area contributed by atoms with Crippen molar-refractivity contribution in [1.82, 2.24) is 9.78 Å². The van der Waals surface area contributed by atoms with E-state index in [0.717, 1.165) is 28.9 Å². The molecule has 6 heteroatoms. The van der Waals surface area contributed by atoms with Gasteiger partial charge in [0.1, 0.15) is 0 Å². The van der Waals surface area contributed by atoms with Crippen LogP contribution in [0.4, 0.5) is 5.69 Å². The number of nitro benzene ring substituents is 1. The van der Waals surface area contributed by atoms with Gasteiger partial charge in [0.15, 0.2) is 0 Å². The fourth-order valence-corrected chi connectivity index (χ4v) is 2.34. The molecule has 20 heavy (non-hydrogen) atoms. The maximum atomic E-state index is 10.8. The highest BCUT2D eigenvalue weighted by molar-refractivity contribution is 5.35. The van der Waals surface area contributed by atoms with Crippen molar-refractivity contribution in [2.75, 3.05) is 6.54 Å². The minimum atomic E-state index is -0.384. The van der Waals surface area contributed by atoms with Gasteiger partial charge in [-0.05, 0) is 37.9 Å². The normalized spacial score (nSPS) is 10.8. The Morgan fingerprint density at radius 3 is 2.80 bits per heavy atom. The first-order valence-electron chi connectivity index (χ1n) is 6.49. The van der Waals surface area contributed by atoms with Crippen LogP contribution in [0.25, 0.3) is 0 Å². The molecular weight excluding hydrogens is 256 g/mol. The lowest BCUT2D eigenvalue weighted by atomic mass is 10.1. The highest BCUT2D eigenvalue weighted by Gasteiger charge is 2.12. The molecule has 0 amide bonds. The van der Waals surface area contributed by atoms with E-state index in [-0.39, 0.29) is 10.6 Å². The molecule has 0 saturated carbocycles. The first-order chi connectivity index (χ1) is 9.52. The van der Waals surface area contributed by atoms with Crippen molar-refractivity contribution in [1.29, 1.82) is 0 Å². The Bertz CT molecular complexity index is 634. The third-order valence-corrected chi connectivity index (χ3v) is 3.38. The fraction of sp³-hybridized carbons (Fsp3) is 0.357. The molecule has 1 heterocycles. The Kier molecular flexibility index (Phi) is 4.14. The lowest BCUT2D eigenvalue weighted by molar-refractivity contribution is -0.384. The van der Waals surface area contributed by atoms with Crippen LogP contribution in [-0.2, 0) is 13.0 Å². The van der Waals surface area contributed by atoms with Crippen molar-refractivity contribution in [2.45, 2.75) is 26.8 Å². The molecule has 106 valence electrons. The first kappa shape index (κ1) is 14.2. The summed E-state index contributed by atoms with van der Waals surface area (Å²) in [4.78, 5) is 10.4. The van der Waals surface area contributed by atoms with Gasteiger partial charge in [-0.15, -0.1) is 0 Å². The monoisotopic (exact) mass is 274 g/mol. The van der Waals surface area contributed by atoms with Gasteiger partial charge in [0.2, 0.25) is 0 Å². The molecule has 6 nitrogen and oxygen atoms in total. The van der Waals surface area contributed by atoms with Crippen LogP contribution in [0, 0.1) is 24.0 Å². The van der Waals surface area contributed by atoms with Crippen molar-refractivity contribution in [2.24, 2.45) is 5.73 Å². The van der Waals surface area contributed by atoms with Gasteiger partial charge in [-0.25, -0.2) is 0 Å². The zero-order valence-corrected chi connectivity index (χ0v) is 11.7. The van der Waals surface area contributed by atoms with E-state index in [9.17, 15) is 10.1 Å². The summed E-state index contributed by atoms with van der Waals surface area (Å²) >= 11 is 0. The topological polar surface area (TPSA) is 87.0 Å². The van der Waals surface area contributed by atoms with E-state index in [4.69, 9.17) is 5.73 Å². The molecule has 0 bridgehead atoms. The maximum absolute atomic E-state index is 10.8. The molecule has 0 aliphatic carbocycles. The summed E-state index contributed by atoms with van der Waals surface area (Å²) in [6, 6.07) is 6.63. The summed E-state index contributed by atoms with van der Waals surface area (Å²) in [5.74, 6) is 0. The highest BCUT2D eigenvalue weighted by Crippen LogP contribution is 2.17. The number of nitrogens with zero attached hydrogens (tertiary/aromatic N) is 3. The standard InChI is InChI=1S/C14H18N4O2/c1-10-14(6-7-15)11(2)17(16-10)9-12-4-3-5-13(8-12)18(19)20/h3-5,8H,6-7,9,15H2,1-2H3. The second-order valence-corrected chi connectivity index (χ2v) is 4.77. The lowest BCUT2D eigenvalue weighted by Crippen LogP contribution is -2.07. The molecule has 2 N–H and O–H groups in total. The molecule has 0 fully saturated rings. The Morgan fingerprint density at radius 1 is 1.40 bits per heavy atom. The molecule has 0 saturated heterocycles. The third-order valence-electron chi connectivity index (χ3n) is 3.38. The average Bonchev–Trinajstić information content (AvgIpc) is 2.67. The van der Waals surface area contributed by atoms with Crippen LogP contribution in [0.15, 0.2) is 24.3 Å². The van der Waals surface area contributed by atoms with Crippen molar-refractivity contribution < 1.29 is 4.92 Å². The summed E-state index contributed by atoms with van der Waals surface area (Å²) in [7, 11) is 0. The smallest absolute Gasteiger partial charge is 0.269 e. The number of hydrogen-bond acceptors (Lipinski definition) is 4. The Labute approximate surface area is 117 Å². The lowest BCUT2D eigenvalue weighted by Gasteiger charge is -2.05. The van der Waals surface area contributed by atoms with Crippen LogP contribution in [0.5, 0.6) is 0 Å². The molecule has 2 aromatic rings. The van der Waals surface area contributed by atoms with E-state index in [1.54, 1.807) is 12.1 Å². The number of rotatable bonds is 5. The van der Waals surface area contributed by atoms with E-state index >= 15 is 0 Å². The molecule has 0 unspecified atom stereocenters. The highest BCUT2D eigenvalue weighted by atomic mass is 16.6. The number of aromatic nitrogens is 2. The molecule has 0 atom stereocenters. The van der Waals surface area contributed by atoms with Crippen LogP contribution >= 0.6 is 0 Å². The van der Waals surface area contributed by atoms with Crippen LogP contribution in [0.2, 0.25) is 0 Å². The van der Waals surface area contributed by atoms with E-state index in [2.05, 4.69) is 5.10 Å². The first-order valence-corrected chi connectivity index (χ1v) is 6.49. The van der Waals surface area contributed by atoms with Crippen molar-refractivity contribution >= 4 is 5.69 Å². The maximum Gasteiger partial charge on any atom is 0.269 e. The zero-order valence-electron chi connectivity index (χ0n) is 11.7. The zero-order chi connectivity index (χ0) is 14.7. The third kappa shape index (κ3) is 2.85. The molecule has 0 aliphatic heterocycles. The summed E-state index contributed by atoms with van der Waals surface area (Å²) in [6.07, 6.45) is 0.798. The van der Waals surface area contributed by atoms with Gasteiger partial charge in [0.05, 0.1) is 17.2 Å². The molecule has 0 spiro atoms. The number of benzene rings is 1. The predicted molar refractivity (Wildman–Crippen MR) is 76.7 cm³/mol. The number of aryl methyl sites for hydroxylation is 1. The van der Waals surface area contributed by atoms with Crippen molar-refractivity contribution in [3.05, 3.63) is 56.9 Å². The number of non-ortho nitro benzene ring substituents is 1. The predicted octanol–water partition coefficient (Wildman–Crippen LogP) is 1.96. The SMILES string of the molecule is Cc1nn(Cc2cccc([N+](=O)[O-])c2)c(C)c1CCN. The number of nitro groups is 1. The van der Waals surface area contributed by atoms with Crippen LogP contribution < -0.4 is 5.73 Å². The second kappa shape index (κ2) is 5.83. The van der Waals surface area contributed by atoms with E-state index in [0.29, 0.717) is 13.1 Å². The van der Waals surface area contributed by atoms with Gasteiger partial charge >= 0.3 is 0 Å². The minimum absolute atomic E-state index is 0.103. The molecule has 2 rings (SSSR count). The molecule has 0 aliphatic rings. The van der Waals surface area contributed by atoms with Gasteiger partial charge in [-0.1, -0.05) is 12.1 Å². The van der Waals surface area contributed by atoms with Crippen LogP contribution in [-0.4, -0.2) is 21.2 Å². The summed E-state index contributed by atoms with van der Waals surface area (Å²) in [5.41, 5.74) is 9.77. The quantitative estimate of drug-likeness (QED) is 0.667. The molecule has 1 aromatic carbocycles. The van der Waals surface area contributed by atoms with Crippen molar-refractivity contribution in [3.8, 4) is 0 Å². The second-order valence-electron chi connectivity index (χ2n) is 4.77. The summed E-state index contributed by atoms with van der Waals surface area (Å²) in [5, 5.41) is 15.3.